The summed E-state index contributed by atoms with van der Waals surface area (Å²) < 4.78 is 1.37. The molecular formula is C7H7N3O2. The van der Waals surface area contributed by atoms with Gasteiger partial charge < -0.3 is 10.1 Å². The van der Waals surface area contributed by atoms with Gasteiger partial charge in [-0.1, -0.05) is 5.92 Å². The minimum Gasteiger partial charge on any atom is -0.358 e. The molecule has 0 aliphatic rings. The molecule has 1 heterocycles. The number of nitro groups is 1. The van der Waals surface area contributed by atoms with Crippen molar-refractivity contribution in [3.05, 3.63) is 21.9 Å². The van der Waals surface area contributed by atoms with Crippen LogP contribution in [0.25, 0.3) is 0 Å². The third-order valence-corrected chi connectivity index (χ3v) is 1.34. The fraction of sp³-hybridized carbons (Fsp3) is 0.286. The van der Waals surface area contributed by atoms with E-state index in [1.165, 1.54) is 4.68 Å². The SMILES string of the molecule is C#CCn1cc(C)c([N+](=O)[O-])n1. The molecule has 0 N–H and O–H groups in total. The van der Waals surface area contributed by atoms with Crippen molar-refractivity contribution in [2.45, 2.75) is 13.5 Å². The molecule has 1 aromatic heterocycles. The second-order valence-corrected chi connectivity index (χ2v) is 2.29. The van der Waals surface area contributed by atoms with Gasteiger partial charge in [-0.3, -0.25) is 0 Å². The van der Waals surface area contributed by atoms with Crippen LogP contribution in [0.5, 0.6) is 0 Å². The largest absolute Gasteiger partial charge is 0.392 e. The first-order valence-electron chi connectivity index (χ1n) is 3.27. The normalized spacial score (nSPS) is 9.33. The van der Waals surface area contributed by atoms with Crippen LogP contribution >= 0.6 is 0 Å². The van der Waals surface area contributed by atoms with Crippen LogP contribution in [0.4, 0.5) is 5.82 Å². The Morgan fingerprint density at radius 3 is 3.00 bits per heavy atom. The molecule has 62 valence electrons. The van der Waals surface area contributed by atoms with Crippen LogP contribution < -0.4 is 0 Å². The Bertz CT molecular complexity index is 348. The van der Waals surface area contributed by atoms with Gasteiger partial charge in [-0.2, -0.15) is 4.68 Å². The first kappa shape index (κ1) is 8.27. The van der Waals surface area contributed by atoms with Gasteiger partial charge in [-0.25, -0.2) is 0 Å². The molecule has 0 aliphatic carbocycles. The molecular weight excluding hydrogens is 158 g/mol. The molecule has 0 spiro atoms. The van der Waals surface area contributed by atoms with E-state index in [0.29, 0.717) is 5.56 Å². The topological polar surface area (TPSA) is 61.0 Å². The van der Waals surface area contributed by atoms with Crippen molar-refractivity contribution in [3.8, 4) is 12.3 Å². The van der Waals surface area contributed by atoms with Crippen LogP contribution in [0, 0.1) is 29.4 Å². The lowest BCUT2D eigenvalue weighted by molar-refractivity contribution is -0.390. The van der Waals surface area contributed by atoms with Crippen LogP contribution in [-0.4, -0.2) is 14.7 Å². The molecule has 1 rings (SSSR count). The first-order valence-corrected chi connectivity index (χ1v) is 3.27. The zero-order chi connectivity index (χ0) is 9.14. The first-order chi connectivity index (χ1) is 5.65. The van der Waals surface area contributed by atoms with Crippen molar-refractivity contribution < 1.29 is 4.92 Å². The summed E-state index contributed by atoms with van der Waals surface area (Å²) >= 11 is 0. The Kier molecular flexibility index (Phi) is 2.10. The molecule has 0 atom stereocenters. The van der Waals surface area contributed by atoms with Crippen LogP contribution in [0.3, 0.4) is 0 Å². The van der Waals surface area contributed by atoms with Gasteiger partial charge in [0.2, 0.25) is 0 Å². The Morgan fingerprint density at radius 1 is 1.92 bits per heavy atom. The lowest BCUT2D eigenvalue weighted by Crippen LogP contribution is -1.97. The van der Waals surface area contributed by atoms with Crippen molar-refractivity contribution in [1.29, 1.82) is 0 Å². The lowest BCUT2D eigenvalue weighted by atomic mass is 10.4. The van der Waals surface area contributed by atoms with Crippen LogP contribution in [0.2, 0.25) is 0 Å². The maximum atomic E-state index is 10.3. The van der Waals surface area contributed by atoms with Gasteiger partial charge >= 0.3 is 5.82 Å². The standard InChI is InChI=1S/C7H7N3O2/c1-3-4-9-5-6(2)7(8-9)10(11)12/h1,5H,4H2,2H3. The van der Waals surface area contributed by atoms with Gasteiger partial charge in [0.05, 0.1) is 16.9 Å². The van der Waals surface area contributed by atoms with E-state index >= 15 is 0 Å². The average Bonchev–Trinajstić information content (AvgIpc) is 2.32. The molecule has 1 aromatic rings. The summed E-state index contributed by atoms with van der Waals surface area (Å²) in [5.74, 6) is 2.21. The monoisotopic (exact) mass is 165 g/mol. The molecule has 0 amide bonds. The van der Waals surface area contributed by atoms with Crippen molar-refractivity contribution >= 4 is 5.82 Å². The van der Waals surface area contributed by atoms with E-state index < -0.39 is 4.92 Å². The summed E-state index contributed by atoms with van der Waals surface area (Å²) in [5.41, 5.74) is 0.523. The molecule has 0 aromatic carbocycles. The van der Waals surface area contributed by atoms with Gasteiger partial charge in [0.1, 0.15) is 6.54 Å². The molecule has 0 saturated heterocycles. The van der Waals surface area contributed by atoms with Crippen LogP contribution in [-0.2, 0) is 6.54 Å². The minimum absolute atomic E-state index is 0.134. The van der Waals surface area contributed by atoms with E-state index in [1.807, 2.05) is 0 Å². The molecule has 0 aliphatic heterocycles. The van der Waals surface area contributed by atoms with E-state index in [4.69, 9.17) is 6.42 Å². The zero-order valence-corrected chi connectivity index (χ0v) is 6.52. The maximum Gasteiger partial charge on any atom is 0.392 e. The highest BCUT2D eigenvalue weighted by atomic mass is 16.6. The number of hydrogen-bond donors (Lipinski definition) is 0. The van der Waals surface area contributed by atoms with E-state index in [1.54, 1.807) is 13.1 Å². The zero-order valence-electron chi connectivity index (χ0n) is 6.52. The van der Waals surface area contributed by atoms with E-state index in [0.717, 1.165) is 0 Å². The smallest absolute Gasteiger partial charge is 0.358 e. The summed E-state index contributed by atoms with van der Waals surface area (Å²) in [6, 6.07) is 0. The highest BCUT2D eigenvalue weighted by Gasteiger charge is 2.15. The average molecular weight is 165 g/mol. The van der Waals surface area contributed by atoms with E-state index in [9.17, 15) is 10.1 Å². The number of hydrogen-bond acceptors (Lipinski definition) is 3. The third-order valence-electron chi connectivity index (χ3n) is 1.34. The van der Waals surface area contributed by atoms with Crippen LogP contribution in [0.1, 0.15) is 5.56 Å². The molecule has 0 radical (unpaired) electrons. The molecule has 0 unspecified atom stereocenters. The van der Waals surface area contributed by atoms with Crippen molar-refractivity contribution in [1.82, 2.24) is 9.78 Å². The fourth-order valence-electron chi connectivity index (χ4n) is 0.866. The molecule has 5 heteroatoms. The number of aryl methyl sites for hydroxylation is 1. The molecule has 5 nitrogen and oxygen atoms in total. The predicted molar refractivity (Wildman–Crippen MR) is 42.5 cm³/mol. The summed E-state index contributed by atoms with van der Waals surface area (Å²) in [5, 5.41) is 14.0. The van der Waals surface area contributed by atoms with Crippen molar-refractivity contribution in [2.24, 2.45) is 0 Å². The summed E-state index contributed by atoms with van der Waals surface area (Å²) in [6.45, 7) is 1.88. The van der Waals surface area contributed by atoms with Gasteiger partial charge in [0.15, 0.2) is 0 Å². The third kappa shape index (κ3) is 1.42. The van der Waals surface area contributed by atoms with Crippen LogP contribution in [0.15, 0.2) is 6.20 Å². The molecule has 0 saturated carbocycles. The predicted octanol–water partition coefficient (Wildman–Crippen LogP) is 0.733. The number of terminal acetylenes is 1. The minimum atomic E-state index is -0.525. The Balaban J connectivity index is 3.02. The van der Waals surface area contributed by atoms with Gasteiger partial charge in [-0.15, -0.1) is 6.42 Å². The highest BCUT2D eigenvalue weighted by molar-refractivity contribution is 5.28. The van der Waals surface area contributed by atoms with Gasteiger partial charge in [0.25, 0.3) is 0 Å². The van der Waals surface area contributed by atoms with Gasteiger partial charge in [-0.05, 0) is 11.8 Å². The maximum absolute atomic E-state index is 10.3. The Morgan fingerprint density at radius 2 is 2.58 bits per heavy atom. The van der Waals surface area contributed by atoms with Crippen molar-refractivity contribution in [2.75, 3.05) is 0 Å². The number of aromatic nitrogens is 2. The Hall–Kier alpha value is -1.83. The molecule has 12 heavy (non-hydrogen) atoms. The van der Waals surface area contributed by atoms with E-state index in [2.05, 4.69) is 11.0 Å². The highest BCUT2D eigenvalue weighted by Crippen LogP contribution is 2.13. The summed E-state index contributed by atoms with van der Waals surface area (Å²) in [6.07, 6.45) is 6.57. The summed E-state index contributed by atoms with van der Waals surface area (Å²) in [7, 11) is 0. The molecule has 0 fully saturated rings. The molecule has 0 bridgehead atoms. The fourth-order valence-corrected chi connectivity index (χ4v) is 0.866. The van der Waals surface area contributed by atoms with Crippen molar-refractivity contribution in [3.63, 3.8) is 0 Å². The second-order valence-electron chi connectivity index (χ2n) is 2.29. The number of nitrogens with zero attached hydrogens (tertiary/aromatic N) is 3. The second kappa shape index (κ2) is 3.05. The van der Waals surface area contributed by atoms with E-state index in [-0.39, 0.29) is 12.4 Å². The Labute approximate surface area is 69.2 Å². The summed E-state index contributed by atoms with van der Waals surface area (Å²) in [4.78, 5) is 9.79. The lowest BCUT2D eigenvalue weighted by Gasteiger charge is -1.85. The van der Waals surface area contributed by atoms with Gasteiger partial charge in [0, 0.05) is 0 Å². The number of rotatable bonds is 2. The quantitative estimate of drug-likeness (QED) is 0.368.